The SMILES string of the molecule is CCC(C)n1cnc(CNCCOC)n1. The van der Waals surface area contributed by atoms with Gasteiger partial charge in [-0.1, -0.05) is 6.92 Å². The van der Waals surface area contributed by atoms with E-state index in [1.807, 2.05) is 4.68 Å². The molecular weight excluding hydrogens is 192 g/mol. The second kappa shape index (κ2) is 6.53. The summed E-state index contributed by atoms with van der Waals surface area (Å²) in [5.74, 6) is 0.839. The van der Waals surface area contributed by atoms with Gasteiger partial charge in [0.1, 0.15) is 6.33 Å². The van der Waals surface area contributed by atoms with Gasteiger partial charge in [0, 0.05) is 13.7 Å². The lowest BCUT2D eigenvalue weighted by atomic mass is 10.3. The molecule has 1 aromatic rings. The summed E-state index contributed by atoms with van der Waals surface area (Å²) < 4.78 is 6.84. The number of hydrogen-bond acceptors (Lipinski definition) is 4. The topological polar surface area (TPSA) is 52.0 Å². The molecule has 1 N–H and O–H groups in total. The lowest BCUT2D eigenvalue weighted by Gasteiger charge is -2.06. The number of nitrogens with one attached hydrogen (secondary N) is 1. The molecule has 86 valence electrons. The summed E-state index contributed by atoms with van der Waals surface area (Å²) in [4.78, 5) is 4.23. The van der Waals surface area contributed by atoms with Crippen molar-refractivity contribution in [2.45, 2.75) is 32.9 Å². The average Bonchev–Trinajstić information content (AvgIpc) is 2.72. The monoisotopic (exact) mass is 212 g/mol. The molecule has 0 saturated carbocycles. The zero-order chi connectivity index (χ0) is 11.1. The summed E-state index contributed by atoms with van der Waals surface area (Å²) in [6, 6.07) is 0.422. The van der Waals surface area contributed by atoms with Crippen LogP contribution in [-0.4, -0.2) is 35.0 Å². The van der Waals surface area contributed by atoms with Crippen molar-refractivity contribution in [1.82, 2.24) is 20.1 Å². The van der Waals surface area contributed by atoms with E-state index >= 15 is 0 Å². The van der Waals surface area contributed by atoms with E-state index < -0.39 is 0 Å². The minimum atomic E-state index is 0.422. The molecular formula is C10H20N4O. The van der Waals surface area contributed by atoms with Crippen LogP contribution in [0.25, 0.3) is 0 Å². The molecule has 0 amide bonds. The summed E-state index contributed by atoms with van der Waals surface area (Å²) >= 11 is 0. The third kappa shape index (κ3) is 3.97. The van der Waals surface area contributed by atoms with Crippen LogP contribution in [0, 0.1) is 0 Å². The number of hydrogen-bond donors (Lipinski definition) is 1. The van der Waals surface area contributed by atoms with E-state index in [4.69, 9.17) is 4.74 Å². The quantitative estimate of drug-likeness (QED) is 0.685. The van der Waals surface area contributed by atoms with Crippen molar-refractivity contribution in [3.8, 4) is 0 Å². The highest BCUT2D eigenvalue weighted by molar-refractivity contribution is 4.82. The maximum atomic E-state index is 4.93. The van der Waals surface area contributed by atoms with Gasteiger partial charge in [0.2, 0.25) is 0 Å². The normalized spacial score (nSPS) is 13.0. The minimum Gasteiger partial charge on any atom is -0.383 e. The van der Waals surface area contributed by atoms with E-state index in [2.05, 4.69) is 29.2 Å². The van der Waals surface area contributed by atoms with Gasteiger partial charge in [0.05, 0.1) is 19.2 Å². The van der Waals surface area contributed by atoms with E-state index in [1.54, 1.807) is 13.4 Å². The molecule has 0 aliphatic carbocycles. The predicted octanol–water partition coefficient (Wildman–Crippen LogP) is 0.985. The fraction of sp³-hybridized carbons (Fsp3) is 0.800. The second-order valence-electron chi connectivity index (χ2n) is 3.57. The zero-order valence-corrected chi connectivity index (χ0v) is 9.73. The molecule has 15 heavy (non-hydrogen) atoms. The van der Waals surface area contributed by atoms with E-state index in [0.29, 0.717) is 19.2 Å². The molecule has 0 aromatic carbocycles. The van der Waals surface area contributed by atoms with Gasteiger partial charge in [0.25, 0.3) is 0 Å². The average molecular weight is 212 g/mol. The Hall–Kier alpha value is -0.940. The predicted molar refractivity (Wildman–Crippen MR) is 58.6 cm³/mol. The molecule has 1 rings (SSSR count). The maximum absolute atomic E-state index is 4.93. The van der Waals surface area contributed by atoms with Crippen LogP contribution in [0.15, 0.2) is 6.33 Å². The van der Waals surface area contributed by atoms with Crippen molar-refractivity contribution < 1.29 is 4.74 Å². The molecule has 5 heteroatoms. The standard InChI is InChI=1S/C10H20N4O/c1-4-9(2)14-8-12-10(13-14)7-11-5-6-15-3/h8-9,11H,4-7H2,1-3H3. The smallest absolute Gasteiger partial charge is 0.164 e. The van der Waals surface area contributed by atoms with Crippen molar-refractivity contribution in [2.75, 3.05) is 20.3 Å². The van der Waals surface area contributed by atoms with Gasteiger partial charge in [-0.3, -0.25) is 0 Å². The molecule has 1 unspecified atom stereocenters. The molecule has 0 aliphatic heterocycles. The number of nitrogens with zero attached hydrogens (tertiary/aromatic N) is 3. The van der Waals surface area contributed by atoms with E-state index in [-0.39, 0.29) is 0 Å². The Labute approximate surface area is 90.8 Å². The molecule has 0 fully saturated rings. The summed E-state index contributed by atoms with van der Waals surface area (Å²) in [5, 5.41) is 7.59. The van der Waals surface area contributed by atoms with Gasteiger partial charge in [-0.2, -0.15) is 5.10 Å². The Morgan fingerprint density at radius 1 is 1.60 bits per heavy atom. The summed E-state index contributed by atoms with van der Waals surface area (Å²) in [7, 11) is 1.69. The van der Waals surface area contributed by atoms with Gasteiger partial charge in [-0.15, -0.1) is 0 Å². The Morgan fingerprint density at radius 2 is 2.40 bits per heavy atom. The zero-order valence-electron chi connectivity index (χ0n) is 9.73. The van der Waals surface area contributed by atoms with Gasteiger partial charge in [-0.05, 0) is 13.3 Å². The van der Waals surface area contributed by atoms with Crippen molar-refractivity contribution in [1.29, 1.82) is 0 Å². The Kier molecular flexibility index (Phi) is 5.28. The molecule has 0 aliphatic rings. The van der Waals surface area contributed by atoms with Crippen LogP contribution in [-0.2, 0) is 11.3 Å². The molecule has 1 aromatic heterocycles. The van der Waals surface area contributed by atoms with E-state index in [1.165, 1.54) is 0 Å². The van der Waals surface area contributed by atoms with Gasteiger partial charge in [-0.25, -0.2) is 9.67 Å². The fourth-order valence-corrected chi connectivity index (χ4v) is 1.17. The van der Waals surface area contributed by atoms with Crippen molar-refractivity contribution in [3.05, 3.63) is 12.2 Å². The molecule has 0 saturated heterocycles. The lowest BCUT2D eigenvalue weighted by molar-refractivity contribution is 0.199. The summed E-state index contributed by atoms with van der Waals surface area (Å²) in [6.07, 6.45) is 2.86. The van der Waals surface area contributed by atoms with Crippen LogP contribution in [0.4, 0.5) is 0 Å². The van der Waals surface area contributed by atoms with Crippen molar-refractivity contribution in [2.24, 2.45) is 0 Å². The first-order valence-electron chi connectivity index (χ1n) is 5.37. The number of ether oxygens (including phenoxy) is 1. The number of methoxy groups -OCH3 is 1. The highest BCUT2D eigenvalue weighted by Gasteiger charge is 2.04. The summed E-state index contributed by atoms with van der Waals surface area (Å²) in [6.45, 7) is 6.52. The Bertz CT molecular complexity index is 274. The highest BCUT2D eigenvalue weighted by Crippen LogP contribution is 2.06. The first kappa shape index (κ1) is 12.1. The van der Waals surface area contributed by atoms with Gasteiger partial charge < -0.3 is 10.1 Å². The Balaban J connectivity index is 2.33. The molecule has 0 radical (unpaired) electrons. The maximum Gasteiger partial charge on any atom is 0.164 e. The number of aromatic nitrogens is 3. The van der Waals surface area contributed by atoms with Crippen LogP contribution in [0.5, 0.6) is 0 Å². The second-order valence-corrected chi connectivity index (χ2v) is 3.57. The molecule has 0 bridgehead atoms. The molecule has 0 spiro atoms. The summed E-state index contributed by atoms with van der Waals surface area (Å²) in [5.41, 5.74) is 0. The molecule has 1 atom stereocenters. The van der Waals surface area contributed by atoms with Crippen LogP contribution < -0.4 is 5.32 Å². The van der Waals surface area contributed by atoms with Gasteiger partial charge >= 0.3 is 0 Å². The fourth-order valence-electron chi connectivity index (χ4n) is 1.17. The van der Waals surface area contributed by atoms with Crippen LogP contribution in [0.1, 0.15) is 32.1 Å². The van der Waals surface area contributed by atoms with Crippen molar-refractivity contribution >= 4 is 0 Å². The first-order chi connectivity index (χ1) is 7.27. The third-order valence-electron chi connectivity index (χ3n) is 2.36. The molecule has 1 heterocycles. The highest BCUT2D eigenvalue weighted by atomic mass is 16.5. The van der Waals surface area contributed by atoms with E-state index in [0.717, 1.165) is 18.8 Å². The van der Waals surface area contributed by atoms with Crippen LogP contribution in [0.2, 0.25) is 0 Å². The third-order valence-corrected chi connectivity index (χ3v) is 2.36. The Morgan fingerprint density at radius 3 is 3.07 bits per heavy atom. The van der Waals surface area contributed by atoms with Crippen molar-refractivity contribution in [3.63, 3.8) is 0 Å². The minimum absolute atomic E-state index is 0.422. The van der Waals surface area contributed by atoms with E-state index in [9.17, 15) is 0 Å². The number of rotatable bonds is 7. The molecule has 5 nitrogen and oxygen atoms in total. The first-order valence-corrected chi connectivity index (χ1v) is 5.37. The lowest BCUT2D eigenvalue weighted by Crippen LogP contribution is -2.19. The van der Waals surface area contributed by atoms with Crippen LogP contribution >= 0.6 is 0 Å². The largest absolute Gasteiger partial charge is 0.383 e. The van der Waals surface area contributed by atoms with Crippen LogP contribution in [0.3, 0.4) is 0 Å². The van der Waals surface area contributed by atoms with Gasteiger partial charge in [0.15, 0.2) is 5.82 Å².